The summed E-state index contributed by atoms with van der Waals surface area (Å²) in [6.07, 6.45) is 0. The molecule has 0 aromatic heterocycles. The van der Waals surface area contributed by atoms with Crippen LogP contribution in [0.5, 0.6) is 11.5 Å². The molecule has 0 radical (unpaired) electrons. The van der Waals surface area contributed by atoms with Gasteiger partial charge >= 0.3 is 0 Å². The van der Waals surface area contributed by atoms with Gasteiger partial charge in [0.05, 0.1) is 31.0 Å². The van der Waals surface area contributed by atoms with E-state index in [4.69, 9.17) is 21.1 Å². The summed E-state index contributed by atoms with van der Waals surface area (Å²) in [5.41, 5.74) is 3.09. The number of rotatable bonds is 5. The highest BCUT2D eigenvalue weighted by Gasteiger charge is 2.14. The van der Waals surface area contributed by atoms with E-state index in [1.54, 1.807) is 14.2 Å². The summed E-state index contributed by atoms with van der Waals surface area (Å²) in [7, 11) is 3.32. The third-order valence-corrected chi connectivity index (χ3v) is 3.73. The maximum absolute atomic E-state index is 6.24. The fourth-order valence-electron chi connectivity index (χ4n) is 2.24. The van der Waals surface area contributed by atoms with Crippen molar-refractivity contribution >= 4 is 17.3 Å². The molecule has 112 valence electrons. The quantitative estimate of drug-likeness (QED) is 0.857. The first-order valence-electron chi connectivity index (χ1n) is 6.79. The van der Waals surface area contributed by atoms with E-state index in [2.05, 4.69) is 12.2 Å². The molecule has 1 unspecified atom stereocenters. The fourth-order valence-corrected chi connectivity index (χ4v) is 2.41. The monoisotopic (exact) mass is 305 g/mol. The van der Waals surface area contributed by atoms with Gasteiger partial charge < -0.3 is 14.8 Å². The van der Waals surface area contributed by atoms with Crippen molar-refractivity contribution in [3.63, 3.8) is 0 Å². The average Bonchev–Trinajstić information content (AvgIpc) is 2.50. The van der Waals surface area contributed by atoms with Gasteiger partial charge in [0.2, 0.25) is 0 Å². The van der Waals surface area contributed by atoms with Crippen molar-refractivity contribution < 1.29 is 9.47 Å². The zero-order valence-electron chi connectivity index (χ0n) is 12.7. The molecule has 0 fully saturated rings. The van der Waals surface area contributed by atoms with E-state index in [0.29, 0.717) is 5.02 Å². The lowest BCUT2D eigenvalue weighted by Crippen LogP contribution is -2.09. The van der Waals surface area contributed by atoms with E-state index in [1.165, 1.54) is 0 Å². The molecule has 1 N–H and O–H groups in total. The summed E-state index contributed by atoms with van der Waals surface area (Å²) >= 11 is 6.24. The van der Waals surface area contributed by atoms with Gasteiger partial charge in [-0.1, -0.05) is 17.7 Å². The van der Waals surface area contributed by atoms with Gasteiger partial charge in [0.25, 0.3) is 0 Å². The minimum Gasteiger partial charge on any atom is -0.497 e. The summed E-state index contributed by atoms with van der Waals surface area (Å²) in [6, 6.07) is 11.7. The predicted molar refractivity (Wildman–Crippen MR) is 87.8 cm³/mol. The molecule has 2 rings (SSSR count). The van der Waals surface area contributed by atoms with Crippen LogP contribution in [0.2, 0.25) is 5.02 Å². The van der Waals surface area contributed by atoms with Crippen LogP contribution in [-0.4, -0.2) is 14.2 Å². The first-order valence-corrected chi connectivity index (χ1v) is 7.17. The second-order valence-corrected chi connectivity index (χ2v) is 5.36. The van der Waals surface area contributed by atoms with Crippen LogP contribution in [-0.2, 0) is 0 Å². The Morgan fingerprint density at radius 1 is 1.05 bits per heavy atom. The van der Waals surface area contributed by atoms with Gasteiger partial charge in [-0.3, -0.25) is 0 Å². The Bertz CT molecular complexity index is 628. The van der Waals surface area contributed by atoms with Crippen molar-refractivity contribution in [1.29, 1.82) is 0 Å². The molecule has 0 bridgehead atoms. The van der Waals surface area contributed by atoms with Gasteiger partial charge in [0.15, 0.2) is 0 Å². The molecule has 4 heteroatoms. The molecule has 0 aliphatic heterocycles. The number of benzene rings is 2. The van der Waals surface area contributed by atoms with Crippen LogP contribution in [0.4, 0.5) is 5.69 Å². The number of anilines is 1. The van der Waals surface area contributed by atoms with Gasteiger partial charge in [0.1, 0.15) is 11.5 Å². The SMILES string of the molecule is COc1ccc(OC)c(C(C)Nc2cc(C)ccc2Cl)c1. The second-order valence-electron chi connectivity index (χ2n) is 4.96. The first-order chi connectivity index (χ1) is 10.0. The number of hydrogen-bond acceptors (Lipinski definition) is 3. The number of methoxy groups -OCH3 is 2. The van der Waals surface area contributed by atoms with E-state index >= 15 is 0 Å². The van der Waals surface area contributed by atoms with Crippen LogP contribution in [0.25, 0.3) is 0 Å². The molecule has 2 aromatic carbocycles. The van der Waals surface area contributed by atoms with Crippen LogP contribution in [0.3, 0.4) is 0 Å². The molecule has 0 aliphatic rings. The van der Waals surface area contributed by atoms with Gasteiger partial charge in [-0.2, -0.15) is 0 Å². The highest BCUT2D eigenvalue weighted by molar-refractivity contribution is 6.33. The Hall–Kier alpha value is -1.87. The molecule has 0 aliphatic carbocycles. The molecule has 0 saturated heterocycles. The number of ether oxygens (including phenoxy) is 2. The Balaban J connectivity index is 2.31. The molecule has 1 atom stereocenters. The standard InChI is InChI=1S/C17H20ClNO2/c1-11-5-7-15(18)16(9-11)19-12(2)14-10-13(20-3)6-8-17(14)21-4/h5-10,12,19H,1-4H3. The Morgan fingerprint density at radius 3 is 2.48 bits per heavy atom. The number of aryl methyl sites for hydroxylation is 1. The van der Waals surface area contributed by atoms with E-state index in [-0.39, 0.29) is 6.04 Å². The normalized spacial score (nSPS) is 11.9. The van der Waals surface area contributed by atoms with Crippen molar-refractivity contribution in [2.24, 2.45) is 0 Å². The summed E-state index contributed by atoms with van der Waals surface area (Å²) in [5.74, 6) is 1.62. The van der Waals surface area contributed by atoms with Gasteiger partial charge in [-0.25, -0.2) is 0 Å². The molecule has 0 heterocycles. The Kier molecular flexibility index (Phi) is 4.97. The molecule has 0 spiro atoms. The molecular weight excluding hydrogens is 286 g/mol. The second kappa shape index (κ2) is 6.72. The van der Waals surface area contributed by atoms with Crippen LogP contribution >= 0.6 is 11.6 Å². The molecule has 2 aromatic rings. The van der Waals surface area contributed by atoms with Crippen LogP contribution in [0.15, 0.2) is 36.4 Å². The highest BCUT2D eigenvalue weighted by atomic mass is 35.5. The maximum Gasteiger partial charge on any atom is 0.124 e. The van der Waals surface area contributed by atoms with E-state index in [9.17, 15) is 0 Å². The molecule has 0 amide bonds. The zero-order valence-corrected chi connectivity index (χ0v) is 13.5. The van der Waals surface area contributed by atoms with E-state index in [1.807, 2.05) is 43.3 Å². The summed E-state index contributed by atoms with van der Waals surface area (Å²) in [4.78, 5) is 0. The smallest absolute Gasteiger partial charge is 0.124 e. The topological polar surface area (TPSA) is 30.5 Å². The predicted octanol–water partition coefficient (Wildman–Crippen LogP) is 4.84. The lowest BCUT2D eigenvalue weighted by Gasteiger charge is -2.20. The third-order valence-electron chi connectivity index (χ3n) is 3.40. The summed E-state index contributed by atoms with van der Waals surface area (Å²) < 4.78 is 10.7. The summed E-state index contributed by atoms with van der Waals surface area (Å²) in [5, 5.41) is 4.13. The first kappa shape index (κ1) is 15.5. The van der Waals surface area contributed by atoms with E-state index in [0.717, 1.165) is 28.3 Å². The zero-order chi connectivity index (χ0) is 15.4. The van der Waals surface area contributed by atoms with Crippen LogP contribution in [0, 0.1) is 6.92 Å². The maximum atomic E-state index is 6.24. The van der Waals surface area contributed by atoms with Gasteiger partial charge in [-0.05, 0) is 49.7 Å². The van der Waals surface area contributed by atoms with Crippen molar-refractivity contribution in [1.82, 2.24) is 0 Å². The van der Waals surface area contributed by atoms with Crippen molar-refractivity contribution in [3.8, 4) is 11.5 Å². The largest absolute Gasteiger partial charge is 0.497 e. The van der Waals surface area contributed by atoms with Crippen molar-refractivity contribution in [3.05, 3.63) is 52.5 Å². The fraction of sp³-hybridized carbons (Fsp3) is 0.294. The van der Waals surface area contributed by atoms with Crippen molar-refractivity contribution in [2.45, 2.75) is 19.9 Å². The number of halogens is 1. The van der Waals surface area contributed by atoms with Crippen LogP contribution in [0.1, 0.15) is 24.1 Å². The molecule has 21 heavy (non-hydrogen) atoms. The molecule has 0 saturated carbocycles. The van der Waals surface area contributed by atoms with Crippen molar-refractivity contribution in [2.75, 3.05) is 19.5 Å². The number of nitrogens with one attached hydrogen (secondary N) is 1. The van der Waals surface area contributed by atoms with Gasteiger partial charge in [-0.15, -0.1) is 0 Å². The Labute approximate surface area is 130 Å². The van der Waals surface area contributed by atoms with Gasteiger partial charge in [0, 0.05) is 5.56 Å². The lowest BCUT2D eigenvalue weighted by molar-refractivity contribution is 0.397. The lowest BCUT2D eigenvalue weighted by atomic mass is 10.1. The minimum absolute atomic E-state index is 0.0364. The molecule has 3 nitrogen and oxygen atoms in total. The number of hydrogen-bond donors (Lipinski definition) is 1. The van der Waals surface area contributed by atoms with Crippen LogP contribution < -0.4 is 14.8 Å². The highest BCUT2D eigenvalue weighted by Crippen LogP contribution is 2.33. The Morgan fingerprint density at radius 2 is 1.81 bits per heavy atom. The average molecular weight is 306 g/mol. The van der Waals surface area contributed by atoms with E-state index < -0.39 is 0 Å². The third kappa shape index (κ3) is 3.61. The molecular formula is C17H20ClNO2. The minimum atomic E-state index is 0.0364. The summed E-state index contributed by atoms with van der Waals surface area (Å²) in [6.45, 7) is 4.11.